The Labute approximate surface area is 155 Å². The lowest BCUT2D eigenvalue weighted by Crippen LogP contribution is -2.55. The number of hydrogen-bond donors (Lipinski definition) is 1. The predicted molar refractivity (Wildman–Crippen MR) is 105 cm³/mol. The normalized spacial score (nSPS) is 15.6. The van der Waals surface area contributed by atoms with E-state index in [-0.39, 0.29) is 11.6 Å². The SMILES string of the molecule is CC(C)(C)N1CCN(C(=O)Nc2ccccc2Oc2ccccc2)CC1. The van der Waals surface area contributed by atoms with E-state index in [1.54, 1.807) is 0 Å². The first-order chi connectivity index (χ1) is 12.4. The number of nitrogens with one attached hydrogen (secondary N) is 1. The number of carbonyl (C=O) groups excluding carboxylic acids is 1. The van der Waals surface area contributed by atoms with Crippen molar-refractivity contribution in [3.05, 3.63) is 54.6 Å². The van der Waals surface area contributed by atoms with Crippen LogP contribution in [0.2, 0.25) is 0 Å². The van der Waals surface area contributed by atoms with Crippen LogP contribution in [-0.2, 0) is 0 Å². The Morgan fingerprint density at radius 1 is 0.923 bits per heavy atom. The molecule has 0 saturated carbocycles. The lowest BCUT2D eigenvalue weighted by molar-refractivity contribution is 0.0774. The van der Waals surface area contributed by atoms with Crippen molar-refractivity contribution in [2.75, 3.05) is 31.5 Å². The van der Waals surface area contributed by atoms with Gasteiger partial charge in [0.05, 0.1) is 5.69 Å². The van der Waals surface area contributed by atoms with Gasteiger partial charge in [-0.3, -0.25) is 4.90 Å². The molecule has 0 unspecified atom stereocenters. The summed E-state index contributed by atoms with van der Waals surface area (Å²) in [5, 5.41) is 3.00. The number of carbonyl (C=O) groups is 1. The maximum absolute atomic E-state index is 12.7. The van der Waals surface area contributed by atoms with Gasteiger partial charge >= 0.3 is 6.03 Å². The van der Waals surface area contributed by atoms with E-state index in [0.717, 1.165) is 31.9 Å². The molecule has 1 fully saturated rings. The van der Waals surface area contributed by atoms with Crippen molar-refractivity contribution < 1.29 is 9.53 Å². The van der Waals surface area contributed by atoms with E-state index < -0.39 is 0 Å². The lowest BCUT2D eigenvalue weighted by atomic mass is 10.1. The summed E-state index contributed by atoms with van der Waals surface area (Å²) < 4.78 is 5.92. The van der Waals surface area contributed by atoms with Crippen molar-refractivity contribution in [2.45, 2.75) is 26.3 Å². The van der Waals surface area contributed by atoms with Crippen molar-refractivity contribution >= 4 is 11.7 Å². The fourth-order valence-corrected chi connectivity index (χ4v) is 3.05. The molecule has 1 heterocycles. The first-order valence-electron chi connectivity index (χ1n) is 9.06. The summed E-state index contributed by atoms with van der Waals surface area (Å²) in [4.78, 5) is 16.9. The monoisotopic (exact) mass is 353 g/mol. The molecule has 26 heavy (non-hydrogen) atoms. The Balaban J connectivity index is 1.63. The van der Waals surface area contributed by atoms with E-state index in [1.807, 2.05) is 59.5 Å². The van der Waals surface area contributed by atoms with Gasteiger partial charge < -0.3 is 15.0 Å². The highest BCUT2D eigenvalue weighted by Gasteiger charge is 2.28. The lowest BCUT2D eigenvalue weighted by Gasteiger charge is -2.42. The molecule has 1 saturated heterocycles. The van der Waals surface area contributed by atoms with Crippen LogP contribution >= 0.6 is 0 Å². The molecule has 0 atom stereocenters. The Morgan fingerprint density at radius 2 is 1.54 bits per heavy atom. The number of piperazine rings is 1. The van der Waals surface area contributed by atoms with Crippen molar-refractivity contribution in [3.63, 3.8) is 0 Å². The number of benzene rings is 2. The van der Waals surface area contributed by atoms with Crippen LogP contribution in [0.5, 0.6) is 11.5 Å². The summed E-state index contributed by atoms with van der Waals surface area (Å²) >= 11 is 0. The second-order valence-electron chi connectivity index (χ2n) is 7.49. The third-order valence-corrected chi connectivity index (χ3v) is 4.62. The molecule has 0 aliphatic carbocycles. The highest BCUT2D eigenvalue weighted by atomic mass is 16.5. The molecule has 0 bridgehead atoms. The second-order valence-corrected chi connectivity index (χ2v) is 7.49. The van der Waals surface area contributed by atoms with Crippen LogP contribution < -0.4 is 10.1 Å². The Kier molecular flexibility index (Phi) is 5.47. The van der Waals surface area contributed by atoms with Crippen LogP contribution in [0.1, 0.15) is 20.8 Å². The average Bonchev–Trinajstić information content (AvgIpc) is 2.63. The van der Waals surface area contributed by atoms with Gasteiger partial charge in [-0.1, -0.05) is 30.3 Å². The van der Waals surface area contributed by atoms with E-state index in [2.05, 4.69) is 31.0 Å². The molecule has 1 aliphatic heterocycles. The number of ether oxygens (including phenoxy) is 1. The maximum Gasteiger partial charge on any atom is 0.322 e. The van der Waals surface area contributed by atoms with Crippen LogP contribution in [0.15, 0.2) is 54.6 Å². The van der Waals surface area contributed by atoms with Gasteiger partial charge in [-0.2, -0.15) is 0 Å². The third kappa shape index (κ3) is 4.55. The molecule has 1 aliphatic rings. The van der Waals surface area contributed by atoms with Crippen molar-refractivity contribution in [1.82, 2.24) is 9.80 Å². The molecule has 0 radical (unpaired) electrons. The number of nitrogens with zero attached hydrogens (tertiary/aromatic N) is 2. The number of urea groups is 1. The Hall–Kier alpha value is -2.53. The fourth-order valence-electron chi connectivity index (χ4n) is 3.05. The van der Waals surface area contributed by atoms with Gasteiger partial charge in [-0.05, 0) is 45.0 Å². The van der Waals surface area contributed by atoms with Crippen molar-refractivity contribution in [3.8, 4) is 11.5 Å². The molecule has 2 aromatic carbocycles. The predicted octanol–water partition coefficient (Wildman–Crippen LogP) is 4.43. The summed E-state index contributed by atoms with van der Waals surface area (Å²) in [5.74, 6) is 1.38. The molecular formula is C21H27N3O2. The van der Waals surface area contributed by atoms with Crippen LogP contribution in [0.25, 0.3) is 0 Å². The average molecular weight is 353 g/mol. The van der Waals surface area contributed by atoms with Gasteiger partial charge in [0, 0.05) is 31.7 Å². The summed E-state index contributed by atoms with van der Waals surface area (Å²) in [7, 11) is 0. The minimum absolute atomic E-state index is 0.0809. The first-order valence-corrected chi connectivity index (χ1v) is 9.06. The molecular weight excluding hydrogens is 326 g/mol. The number of amides is 2. The zero-order valence-electron chi connectivity index (χ0n) is 15.7. The third-order valence-electron chi connectivity index (χ3n) is 4.62. The summed E-state index contributed by atoms with van der Waals surface area (Å²) in [6.07, 6.45) is 0. The molecule has 5 heteroatoms. The molecule has 3 rings (SSSR count). The van der Waals surface area contributed by atoms with E-state index >= 15 is 0 Å². The fraction of sp³-hybridized carbons (Fsp3) is 0.381. The van der Waals surface area contributed by atoms with Crippen LogP contribution in [0, 0.1) is 0 Å². The molecule has 2 aromatic rings. The molecule has 0 aromatic heterocycles. The van der Waals surface area contributed by atoms with E-state index in [9.17, 15) is 4.79 Å². The van der Waals surface area contributed by atoms with Gasteiger partial charge in [-0.25, -0.2) is 4.79 Å². The van der Waals surface area contributed by atoms with Gasteiger partial charge in [0.1, 0.15) is 5.75 Å². The van der Waals surface area contributed by atoms with Gasteiger partial charge in [0.2, 0.25) is 0 Å². The van der Waals surface area contributed by atoms with E-state index in [0.29, 0.717) is 11.4 Å². The molecule has 5 nitrogen and oxygen atoms in total. The summed E-state index contributed by atoms with van der Waals surface area (Å²) in [5.41, 5.74) is 0.818. The highest BCUT2D eigenvalue weighted by molar-refractivity contribution is 5.91. The van der Waals surface area contributed by atoms with Gasteiger partial charge in [0.25, 0.3) is 0 Å². The Morgan fingerprint density at radius 3 is 2.19 bits per heavy atom. The number of para-hydroxylation sites is 3. The Bertz CT molecular complexity index is 732. The number of anilines is 1. The summed E-state index contributed by atoms with van der Waals surface area (Å²) in [6.45, 7) is 9.85. The molecule has 1 N–H and O–H groups in total. The van der Waals surface area contributed by atoms with E-state index in [4.69, 9.17) is 4.74 Å². The first kappa shape index (κ1) is 18.3. The zero-order chi connectivity index (χ0) is 18.6. The quantitative estimate of drug-likeness (QED) is 0.888. The highest BCUT2D eigenvalue weighted by Crippen LogP contribution is 2.29. The van der Waals surface area contributed by atoms with Crippen LogP contribution in [-0.4, -0.2) is 47.5 Å². The smallest absolute Gasteiger partial charge is 0.322 e. The topological polar surface area (TPSA) is 44.8 Å². The van der Waals surface area contributed by atoms with Gasteiger partial charge in [0.15, 0.2) is 5.75 Å². The second kappa shape index (κ2) is 7.79. The number of hydrogen-bond acceptors (Lipinski definition) is 3. The van der Waals surface area contributed by atoms with Crippen molar-refractivity contribution in [2.24, 2.45) is 0 Å². The van der Waals surface area contributed by atoms with Crippen LogP contribution in [0.4, 0.5) is 10.5 Å². The number of rotatable bonds is 3. The van der Waals surface area contributed by atoms with E-state index in [1.165, 1.54) is 0 Å². The molecule has 0 spiro atoms. The molecule has 2 amide bonds. The minimum Gasteiger partial charge on any atom is -0.455 e. The largest absolute Gasteiger partial charge is 0.455 e. The minimum atomic E-state index is -0.0809. The van der Waals surface area contributed by atoms with Crippen LogP contribution in [0.3, 0.4) is 0 Å². The summed E-state index contributed by atoms with van der Waals surface area (Å²) in [6, 6.07) is 17.0. The standard InChI is InChI=1S/C21H27N3O2/c1-21(2,3)24-15-13-23(14-16-24)20(25)22-18-11-7-8-12-19(18)26-17-9-5-4-6-10-17/h4-12H,13-16H2,1-3H3,(H,22,25). The zero-order valence-corrected chi connectivity index (χ0v) is 15.7. The van der Waals surface area contributed by atoms with Crippen molar-refractivity contribution in [1.29, 1.82) is 0 Å². The van der Waals surface area contributed by atoms with Gasteiger partial charge in [-0.15, -0.1) is 0 Å². The molecule has 138 valence electrons. The maximum atomic E-state index is 12.7.